The topological polar surface area (TPSA) is 38.7 Å². The molecule has 0 spiro atoms. The zero-order chi connectivity index (χ0) is 11.7. The van der Waals surface area contributed by atoms with E-state index in [0.717, 1.165) is 11.1 Å². The minimum atomic E-state index is -0.468. The van der Waals surface area contributed by atoms with Crippen LogP contribution in [0.5, 0.6) is 11.5 Å². The third-order valence-corrected chi connectivity index (χ3v) is 2.78. The van der Waals surface area contributed by atoms with Gasteiger partial charge in [-0.25, -0.2) is 0 Å². The van der Waals surface area contributed by atoms with E-state index in [9.17, 15) is 5.11 Å². The predicted octanol–water partition coefficient (Wildman–Crippen LogP) is 2.85. The highest BCUT2D eigenvalue weighted by Crippen LogP contribution is 2.40. The summed E-state index contributed by atoms with van der Waals surface area (Å²) in [5.41, 5.74) is 1.77. The van der Waals surface area contributed by atoms with E-state index in [1.54, 1.807) is 13.0 Å². The molecule has 0 saturated heterocycles. The Kier molecular flexibility index (Phi) is 3.08. The number of hydrogen-bond donors (Lipinski definition) is 1. The first kappa shape index (κ1) is 11.3. The Bertz CT molecular complexity index is 438. The zero-order valence-electron chi connectivity index (χ0n) is 9.16. The van der Waals surface area contributed by atoms with Gasteiger partial charge in [-0.3, -0.25) is 0 Å². The predicted molar refractivity (Wildman–Crippen MR) is 62.9 cm³/mol. The molecule has 2 rings (SSSR count). The van der Waals surface area contributed by atoms with Gasteiger partial charge in [0, 0.05) is 0 Å². The number of aliphatic hydroxyl groups excluding tert-OH is 1. The molecule has 0 amide bonds. The molecule has 86 valence electrons. The first-order valence-electron chi connectivity index (χ1n) is 5.03. The van der Waals surface area contributed by atoms with E-state index in [1.165, 1.54) is 0 Å². The number of hydrogen-bond acceptors (Lipinski definition) is 3. The summed E-state index contributed by atoms with van der Waals surface area (Å²) in [5.74, 6) is 1.24. The molecule has 1 aromatic carbocycles. The van der Waals surface area contributed by atoms with Crippen molar-refractivity contribution in [2.24, 2.45) is 0 Å². The maximum absolute atomic E-state index is 9.39. The van der Waals surface area contributed by atoms with E-state index in [1.807, 2.05) is 19.1 Å². The van der Waals surface area contributed by atoms with E-state index in [4.69, 9.17) is 21.1 Å². The normalized spacial score (nSPS) is 16.4. The van der Waals surface area contributed by atoms with Crippen molar-refractivity contribution in [3.63, 3.8) is 0 Å². The summed E-state index contributed by atoms with van der Waals surface area (Å²) in [5, 5.41) is 9.92. The lowest BCUT2D eigenvalue weighted by Crippen LogP contribution is -2.00. The van der Waals surface area contributed by atoms with Crippen LogP contribution in [-0.2, 0) is 0 Å². The van der Waals surface area contributed by atoms with Crippen LogP contribution in [-0.4, -0.2) is 18.0 Å². The second kappa shape index (κ2) is 4.36. The Morgan fingerprint density at radius 1 is 1.50 bits per heavy atom. The monoisotopic (exact) mass is 240 g/mol. The molecule has 1 aromatic rings. The van der Waals surface area contributed by atoms with Crippen LogP contribution in [0.15, 0.2) is 17.7 Å². The van der Waals surface area contributed by atoms with Gasteiger partial charge in [-0.15, -0.1) is 0 Å². The highest BCUT2D eigenvalue weighted by molar-refractivity contribution is 6.32. The molecule has 3 nitrogen and oxygen atoms in total. The fourth-order valence-corrected chi connectivity index (χ4v) is 1.73. The molecule has 1 unspecified atom stereocenters. The SMILES string of the molecule is C/C(=C\c1cc(Cl)c2c(c1)OCO2)C(C)O. The summed E-state index contributed by atoms with van der Waals surface area (Å²) in [6, 6.07) is 3.64. The van der Waals surface area contributed by atoms with E-state index in [2.05, 4.69) is 0 Å². The molecule has 1 heterocycles. The smallest absolute Gasteiger partial charge is 0.231 e. The van der Waals surface area contributed by atoms with Gasteiger partial charge in [0.15, 0.2) is 11.5 Å². The van der Waals surface area contributed by atoms with Crippen LogP contribution in [0, 0.1) is 0 Å². The minimum Gasteiger partial charge on any atom is -0.454 e. The fraction of sp³-hybridized carbons (Fsp3) is 0.333. The number of aliphatic hydroxyl groups is 1. The summed E-state index contributed by atoms with van der Waals surface area (Å²) in [6.45, 7) is 3.79. The average Bonchev–Trinajstić information content (AvgIpc) is 2.65. The third-order valence-electron chi connectivity index (χ3n) is 2.50. The molecule has 0 radical (unpaired) electrons. The van der Waals surface area contributed by atoms with Crippen molar-refractivity contribution < 1.29 is 14.6 Å². The van der Waals surface area contributed by atoms with Crippen LogP contribution in [0.1, 0.15) is 19.4 Å². The molecule has 0 fully saturated rings. The zero-order valence-corrected chi connectivity index (χ0v) is 9.91. The molecule has 0 saturated carbocycles. The number of benzene rings is 1. The molecule has 0 bridgehead atoms. The van der Waals surface area contributed by atoms with Gasteiger partial charge < -0.3 is 14.6 Å². The fourth-order valence-electron chi connectivity index (χ4n) is 1.45. The Balaban J connectivity index is 2.37. The first-order chi connectivity index (χ1) is 7.58. The molecule has 1 aliphatic heterocycles. The van der Waals surface area contributed by atoms with Crippen molar-refractivity contribution >= 4 is 17.7 Å². The van der Waals surface area contributed by atoms with Gasteiger partial charge in [0.2, 0.25) is 6.79 Å². The van der Waals surface area contributed by atoms with Crippen LogP contribution >= 0.6 is 11.6 Å². The largest absolute Gasteiger partial charge is 0.454 e. The van der Waals surface area contributed by atoms with E-state index in [-0.39, 0.29) is 6.79 Å². The summed E-state index contributed by atoms with van der Waals surface area (Å²) < 4.78 is 10.5. The van der Waals surface area contributed by atoms with Crippen molar-refractivity contribution in [3.8, 4) is 11.5 Å². The van der Waals surface area contributed by atoms with Gasteiger partial charge in [0.1, 0.15) is 0 Å². The maximum atomic E-state index is 9.39. The molecular weight excluding hydrogens is 228 g/mol. The van der Waals surface area contributed by atoms with Crippen LogP contribution < -0.4 is 9.47 Å². The Hall–Kier alpha value is -1.19. The lowest BCUT2D eigenvalue weighted by molar-refractivity contribution is 0.174. The van der Waals surface area contributed by atoms with Crippen LogP contribution in [0.2, 0.25) is 5.02 Å². The standard InChI is InChI=1S/C12H13ClO3/c1-7(8(2)14)3-9-4-10(13)12-11(5-9)15-6-16-12/h3-5,8,14H,6H2,1-2H3/b7-3+. The number of ether oxygens (including phenoxy) is 2. The van der Waals surface area contributed by atoms with E-state index in [0.29, 0.717) is 16.5 Å². The molecule has 0 aromatic heterocycles. The van der Waals surface area contributed by atoms with Crippen LogP contribution in [0.25, 0.3) is 6.08 Å². The summed E-state index contributed by atoms with van der Waals surface area (Å²) >= 11 is 6.04. The second-order valence-corrected chi connectivity index (χ2v) is 4.21. The third kappa shape index (κ3) is 2.15. The first-order valence-corrected chi connectivity index (χ1v) is 5.41. The van der Waals surface area contributed by atoms with Crippen molar-refractivity contribution in [2.75, 3.05) is 6.79 Å². The molecule has 0 aliphatic carbocycles. The molecule has 1 aliphatic rings. The highest BCUT2D eigenvalue weighted by Gasteiger charge is 2.17. The molecular formula is C12H13ClO3. The number of rotatable bonds is 2. The van der Waals surface area contributed by atoms with Crippen molar-refractivity contribution in [2.45, 2.75) is 20.0 Å². The molecule has 1 atom stereocenters. The summed E-state index contributed by atoms with van der Waals surface area (Å²) in [6.07, 6.45) is 1.41. The van der Waals surface area contributed by atoms with Crippen LogP contribution in [0.3, 0.4) is 0 Å². The second-order valence-electron chi connectivity index (χ2n) is 3.80. The number of halogens is 1. The van der Waals surface area contributed by atoms with Gasteiger partial charge in [-0.1, -0.05) is 17.7 Å². The van der Waals surface area contributed by atoms with E-state index < -0.39 is 6.10 Å². The van der Waals surface area contributed by atoms with Crippen molar-refractivity contribution in [1.82, 2.24) is 0 Å². The highest BCUT2D eigenvalue weighted by atomic mass is 35.5. The molecule has 1 N–H and O–H groups in total. The lowest BCUT2D eigenvalue weighted by Gasteiger charge is -2.05. The van der Waals surface area contributed by atoms with Gasteiger partial charge >= 0.3 is 0 Å². The Labute approximate surface area is 99.3 Å². The lowest BCUT2D eigenvalue weighted by atomic mass is 10.1. The summed E-state index contributed by atoms with van der Waals surface area (Å²) in [7, 11) is 0. The van der Waals surface area contributed by atoms with Crippen molar-refractivity contribution in [1.29, 1.82) is 0 Å². The Morgan fingerprint density at radius 2 is 2.25 bits per heavy atom. The van der Waals surface area contributed by atoms with Gasteiger partial charge in [-0.05, 0) is 37.1 Å². The molecule has 4 heteroatoms. The van der Waals surface area contributed by atoms with Gasteiger partial charge in [0.25, 0.3) is 0 Å². The van der Waals surface area contributed by atoms with Gasteiger partial charge in [-0.2, -0.15) is 0 Å². The summed E-state index contributed by atoms with van der Waals surface area (Å²) in [4.78, 5) is 0. The Morgan fingerprint density at radius 3 is 2.94 bits per heavy atom. The van der Waals surface area contributed by atoms with Crippen molar-refractivity contribution in [3.05, 3.63) is 28.3 Å². The number of fused-ring (bicyclic) bond motifs is 1. The van der Waals surface area contributed by atoms with E-state index >= 15 is 0 Å². The molecule has 16 heavy (non-hydrogen) atoms. The minimum absolute atomic E-state index is 0.206. The van der Waals surface area contributed by atoms with Gasteiger partial charge in [0.05, 0.1) is 11.1 Å². The maximum Gasteiger partial charge on any atom is 0.231 e. The van der Waals surface area contributed by atoms with Crippen LogP contribution in [0.4, 0.5) is 0 Å². The average molecular weight is 241 g/mol. The quantitative estimate of drug-likeness (QED) is 0.864.